The lowest BCUT2D eigenvalue weighted by Gasteiger charge is -2.06. The molecule has 0 aromatic carbocycles. The Hall–Kier alpha value is -0.490. The molecule has 0 bridgehead atoms. The lowest BCUT2D eigenvalue weighted by Crippen LogP contribution is -2.14. The highest BCUT2D eigenvalue weighted by Crippen LogP contribution is 2.13. The maximum absolute atomic E-state index is 11.8. The maximum atomic E-state index is 11.8. The molecule has 0 aromatic rings. The molecule has 0 radical (unpaired) electrons. The summed E-state index contributed by atoms with van der Waals surface area (Å²) >= 11 is 0. The van der Waals surface area contributed by atoms with E-state index in [1.165, 1.54) is 77.0 Å². The summed E-state index contributed by atoms with van der Waals surface area (Å²) in [6, 6.07) is 0. The third kappa shape index (κ3) is 25.5. The van der Waals surface area contributed by atoms with Crippen LogP contribution >= 0.6 is 0 Å². The molecule has 0 heterocycles. The fourth-order valence-electron chi connectivity index (χ4n) is 3.36. The van der Waals surface area contributed by atoms with Crippen molar-refractivity contribution in [1.29, 1.82) is 0 Å². The van der Waals surface area contributed by atoms with Crippen molar-refractivity contribution < 1.29 is 23.7 Å². The summed E-state index contributed by atoms with van der Waals surface area (Å²) in [6.45, 7) is 5.74. The number of Topliss-reactive ketones (excluding diaryl/α,β-unsaturated/α-hetero) is 1. The Kier molecular flexibility index (Phi) is 26.1. The number of carbonyl (C=O) groups excluding carboxylic acids is 1. The van der Waals surface area contributed by atoms with Crippen LogP contribution in [-0.4, -0.2) is 59.1 Å². The minimum atomic E-state index is 0.205. The van der Waals surface area contributed by atoms with Crippen molar-refractivity contribution in [2.45, 2.75) is 103 Å². The summed E-state index contributed by atoms with van der Waals surface area (Å²) in [5.74, 6) is 0.205. The molecule has 0 saturated carbocycles. The third-order valence-electron chi connectivity index (χ3n) is 5.25. The zero-order valence-electron chi connectivity index (χ0n) is 20.1. The molecular weight excluding hydrogens is 380 g/mol. The van der Waals surface area contributed by atoms with Gasteiger partial charge >= 0.3 is 0 Å². The predicted octanol–water partition coefficient (Wildman–Crippen LogP) is 6.12. The molecule has 5 heteroatoms. The van der Waals surface area contributed by atoms with E-state index in [1.54, 1.807) is 7.11 Å². The van der Waals surface area contributed by atoms with Crippen molar-refractivity contribution in [2.24, 2.45) is 0 Å². The molecule has 5 nitrogen and oxygen atoms in total. The Morgan fingerprint density at radius 1 is 0.533 bits per heavy atom. The third-order valence-corrected chi connectivity index (χ3v) is 5.25. The van der Waals surface area contributed by atoms with Gasteiger partial charge in [-0.15, -0.1) is 0 Å². The van der Waals surface area contributed by atoms with Crippen LogP contribution in [0.2, 0.25) is 0 Å². The van der Waals surface area contributed by atoms with Gasteiger partial charge in [-0.1, -0.05) is 90.4 Å². The highest BCUT2D eigenvalue weighted by atomic mass is 16.6. The van der Waals surface area contributed by atoms with Crippen LogP contribution in [0, 0.1) is 0 Å². The molecule has 180 valence electrons. The van der Waals surface area contributed by atoms with Crippen molar-refractivity contribution in [3.63, 3.8) is 0 Å². The zero-order valence-corrected chi connectivity index (χ0v) is 20.1. The molecule has 0 fully saturated rings. The highest BCUT2D eigenvalue weighted by molar-refractivity contribution is 5.79. The van der Waals surface area contributed by atoms with Crippen LogP contribution < -0.4 is 0 Å². The number of hydrogen-bond acceptors (Lipinski definition) is 5. The quantitative estimate of drug-likeness (QED) is 0.155. The summed E-state index contributed by atoms with van der Waals surface area (Å²) in [6.07, 6.45) is 19.3. The molecule has 0 unspecified atom stereocenters. The van der Waals surface area contributed by atoms with E-state index in [-0.39, 0.29) is 12.4 Å². The van der Waals surface area contributed by atoms with Crippen molar-refractivity contribution in [3.05, 3.63) is 0 Å². The predicted molar refractivity (Wildman–Crippen MR) is 124 cm³/mol. The number of hydrogen-bond donors (Lipinski definition) is 0. The molecule has 0 amide bonds. The van der Waals surface area contributed by atoms with Crippen LogP contribution in [0.5, 0.6) is 0 Å². The van der Waals surface area contributed by atoms with Crippen molar-refractivity contribution >= 4 is 5.78 Å². The normalized spacial score (nSPS) is 11.3. The van der Waals surface area contributed by atoms with E-state index in [1.807, 2.05) is 0 Å². The molecule has 0 rings (SSSR count). The lowest BCUT2D eigenvalue weighted by molar-refractivity contribution is -0.124. The first-order valence-corrected chi connectivity index (χ1v) is 12.5. The molecule has 0 spiro atoms. The first-order chi connectivity index (χ1) is 14.8. The number of methoxy groups -OCH3 is 1. The van der Waals surface area contributed by atoms with Gasteiger partial charge < -0.3 is 18.9 Å². The minimum Gasteiger partial charge on any atom is -0.382 e. The van der Waals surface area contributed by atoms with Gasteiger partial charge in [0.15, 0.2) is 5.78 Å². The summed E-state index contributed by atoms with van der Waals surface area (Å²) in [7, 11) is 1.65. The average molecular weight is 431 g/mol. The Labute approximate surface area is 186 Å². The van der Waals surface area contributed by atoms with E-state index in [4.69, 9.17) is 18.9 Å². The van der Waals surface area contributed by atoms with Crippen LogP contribution in [-0.2, 0) is 23.7 Å². The first kappa shape index (κ1) is 29.5. The first-order valence-electron chi connectivity index (χ1n) is 12.5. The monoisotopic (exact) mass is 430 g/mol. The SMILES string of the molecule is CCCCCCCCCCCCCCCCC(=O)COCCOCCOCCOC. The van der Waals surface area contributed by atoms with E-state index >= 15 is 0 Å². The molecule has 30 heavy (non-hydrogen) atoms. The second-order valence-corrected chi connectivity index (χ2v) is 8.15. The zero-order chi connectivity index (χ0) is 22.0. The van der Waals surface area contributed by atoms with Gasteiger partial charge in [0.25, 0.3) is 0 Å². The van der Waals surface area contributed by atoms with Crippen molar-refractivity contribution in [2.75, 3.05) is 53.4 Å². The van der Waals surface area contributed by atoms with Crippen molar-refractivity contribution in [3.8, 4) is 0 Å². The number of unbranched alkanes of at least 4 members (excludes halogenated alkanes) is 13. The molecule has 0 aliphatic heterocycles. The van der Waals surface area contributed by atoms with Gasteiger partial charge in [0.05, 0.1) is 39.6 Å². The topological polar surface area (TPSA) is 54.0 Å². The van der Waals surface area contributed by atoms with E-state index < -0.39 is 0 Å². The number of carbonyl (C=O) groups is 1. The van der Waals surface area contributed by atoms with E-state index in [0.717, 1.165) is 12.8 Å². The van der Waals surface area contributed by atoms with Crippen LogP contribution in [0.3, 0.4) is 0 Å². The van der Waals surface area contributed by atoms with E-state index in [0.29, 0.717) is 46.1 Å². The van der Waals surface area contributed by atoms with Gasteiger partial charge in [-0.25, -0.2) is 0 Å². The van der Waals surface area contributed by atoms with Gasteiger partial charge in [-0.3, -0.25) is 4.79 Å². The fourth-order valence-corrected chi connectivity index (χ4v) is 3.36. The molecule has 0 aliphatic rings. The second kappa shape index (κ2) is 26.5. The Morgan fingerprint density at radius 2 is 0.933 bits per heavy atom. The van der Waals surface area contributed by atoms with Gasteiger partial charge in [0.1, 0.15) is 6.61 Å². The molecular formula is C25H50O5. The number of ether oxygens (including phenoxy) is 4. The van der Waals surface area contributed by atoms with Crippen LogP contribution in [0.4, 0.5) is 0 Å². The molecule has 0 saturated heterocycles. The summed E-state index contributed by atoms with van der Waals surface area (Å²) in [4.78, 5) is 11.8. The van der Waals surface area contributed by atoms with Gasteiger partial charge in [-0.05, 0) is 6.42 Å². The van der Waals surface area contributed by atoms with Crippen LogP contribution in [0.25, 0.3) is 0 Å². The van der Waals surface area contributed by atoms with E-state index in [2.05, 4.69) is 6.92 Å². The average Bonchev–Trinajstić information content (AvgIpc) is 2.75. The van der Waals surface area contributed by atoms with Crippen molar-refractivity contribution in [1.82, 2.24) is 0 Å². The second-order valence-electron chi connectivity index (χ2n) is 8.15. The summed E-state index contributed by atoms with van der Waals surface area (Å²) in [5.41, 5.74) is 0. The Morgan fingerprint density at radius 3 is 1.40 bits per heavy atom. The number of rotatable bonds is 26. The summed E-state index contributed by atoms with van der Waals surface area (Å²) < 4.78 is 20.9. The van der Waals surface area contributed by atoms with Crippen LogP contribution in [0.1, 0.15) is 103 Å². The largest absolute Gasteiger partial charge is 0.382 e. The Bertz CT molecular complexity index is 336. The molecule has 0 N–H and O–H groups in total. The Balaban J connectivity index is 3.13. The minimum absolute atomic E-state index is 0.205. The summed E-state index contributed by atoms with van der Waals surface area (Å²) in [5, 5.41) is 0. The van der Waals surface area contributed by atoms with Gasteiger partial charge in [-0.2, -0.15) is 0 Å². The molecule has 0 aliphatic carbocycles. The van der Waals surface area contributed by atoms with Gasteiger partial charge in [0.2, 0.25) is 0 Å². The fraction of sp³-hybridized carbons (Fsp3) is 0.960. The van der Waals surface area contributed by atoms with Crippen LogP contribution in [0.15, 0.2) is 0 Å². The van der Waals surface area contributed by atoms with E-state index in [9.17, 15) is 4.79 Å². The lowest BCUT2D eigenvalue weighted by atomic mass is 10.0. The molecule has 0 aromatic heterocycles. The highest BCUT2D eigenvalue weighted by Gasteiger charge is 2.02. The standard InChI is InChI=1S/C25H50O5/c1-3-4-5-6-7-8-9-10-11-12-13-14-15-16-17-25(26)24-30-23-22-29-21-20-28-19-18-27-2/h3-24H2,1-2H3. The molecule has 0 atom stereocenters. The number of ketones is 1. The smallest absolute Gasteiger partial charge is 0.158 e. The maximum Gasteiger partial charge on any atom is 0.158 e. The van der Waals surface area contributed by atoms with Gasteiger partial charge in [0, 0.05) is 13.5 Å².